The number of nitrogens with one attached hydrogen (secondary N) is 2. The van der Waals surface area contributed by atoms with Crippen LogP contribution < -0.4 is 16.4 Å². The van der Waals surface area contributed by atoms with Crippen molar-refractivity contribution < 1.29 is 4.79 Å². The molecule has 2 aromatic rings. The van der Waals surface area contributed by atoms with Crippen LogP contribution in [0.15, 0.2) is 54.0 Å². The average molecular weight is 383 g/mol. The number of benzene rings is 1. The van der Waals surface area contributed by atoms with E-state index in [2.05, 4.69) is 40.8 Å². The van der Waals surface area contributed by atoms with Gasteiger partial charge >= 0.3 is 0 Å². The SMILES string of the molecule is C\C=C/C=C(\C=C\CCC)c1csc(Nc2cc(NC(C)=O)ccc2N)n1. The quantitative estimate of drug-likeness (QED) is 0.401. The van der Waals surface area contributed by atoms with Crippen LogP contribution in [0.4, 0.5) is 22.2 Å². The Morgan fingerprint density at radius 3 is 2.89 bits per heavy atom. The lowest BCUT2D eigenvalue weighted by molar-refractivity contribution is -0.114. The van der Waals surface area contributed by atoms with Gasteiger partial charge in [0.15, 0.2) is 5.13 Å². The Bertz CT molecular complexity index is 865. The summed E-state index contributed by atoms with van der Waals surface area (Å²) in [5, 5.41) is 8.76. The van der Waals surface area contributed by atoms with Crippen LogP contribution in [-0.4, -0.2) is 10.9 Å². The zero-order chi connectivity index (χ0) is 19.6. The van der Waals surface area contributed by atoms with Crippen LogP contribution in [0.25, 0.3) is 5.57 Å². The molecule has 142 valence electrons. The number of amides is 1. The van der Waals surface area contributed by atoms with Crippen molar-refractivity contribution in [2.75, 3.05) is 16.4 Å². The first kappa shape index (κ1) is 20.5. The first-order valence-electron chi connectivity index (χ1n) is 8.93. The molecule has 4 N–H and O–H groups in total. The second kappa shape index (κ2) is 10.3. The van der Waals surface area contributed by atoms with Gasteiger partial charge in [-0.2, -0.15) is 0 Å². The molecule has 1 heterocycles. The summed E-state index contributed by atoms with van der Waals surface area (Å²) in [7, 11) is 0. The number of rotatable bonds is 8. The van der Waals surface area contributed by atoms with Crippen LogP contribution in [-0.2, 0) is 4.79 Å². The standard InChI is InChI=1S/C21H26N4OS/c1-4-6-8-10-16(9-7-5-2)20-14-27-21(25-20)24-19-13-17(23-15(3)26)11-12-18(19)22/h5,7-14H,4,6,22H2,1-3H3,(H,23,26)(H,24,25)/b7-5-,10-8+,16-9+. The Hall–Kier alpha value is -2.86. The third-order valence-electron chi connectivity index (χ3n) is 3.64. The maximum atomic E-state index is 11.2. The van der Waals surface area contributed by atoms with E-state index >= 15 is 0 Å². The summed E-state index contributed by atoms with van der Waals surface area (Å²) >= 11 is 1.51. The Labute approximate surface area is 164 Å². The molecule has 1 amide bonds. The lowest BCUT2D eigenvalue weighted by Crippen LogP contribution is -2.06. The van der Waals surface area contributed by atoms with E-state index in [-0.39, 0.29) is 5.91 Å². The molecule has 0 radical (unpaired) electrons. The van der Waals surface area contributed by atoms with E-state index in [0.717, 1.165) is 29.2 Å². The normalized spacial score (nSPS) is 12.0. The topological polar surface area (TPSA) is 80.0 Å². The zero-order valence-corrected chi connectivity index (χ0v) is 16.8. The van der Waals surface area contributed by atoms with Crippen LogP contribution in [0, 0.1) is 0 Å². The van der Waals surface area contributed by atoms with Crippen LogP contribution in [0.2, 0.25) is 0 Å². The summed E-state index contributed by atoms with van der Waals surface area (Å²) in [5.74, 6) is -0.125. The molecule has 1 aromatic heterocycles. The van der Waals surface area contributed by atoms with E-state index in [1.807, 2.05) is 24.5 Å². The minimum Gasteiger partial charge on any atom is -0.397 e. The van der Waals surface area contributed by atoms with E-state index in [1.165, 1.54) is 18.3 Å². The number of carbonyl (C=O) groups is 1. The number of carbonyl (C=O) groups excluding carboxylic acids is 1. The fourth-order valence-electron chi connectivity index (χ4n) is 2.33. The smallest absolute Gasteiger partial charge is 0.221 e. The maximum absolute atomic E-state index is 11.2. The van der Waals surface area contributed by atoms with Crippen molar-refractivity contribution in [3.8, 4) is 0 Å². The monoisotopic (exact) mass is 382 g/mol. The predicted octanol–water partition coefficient (Wildman–Crippen LogP) is 5.74. The molecule has 0 atom stereocenters. The fraction of sp³-hybridized carbons (Fsp3) is 0.238. The Kier molecular flexibility index (Phi) is 7.82. The minimum absolute atomic E-state index is 0.125. The van der Waals surface area contributed by atoms with Crippen molar-refractivity contribution in [2.24, 2.45) is 0 Å². The molecular weight excluding hydrogens is 356 g/mol. The van der Waals surface area contributed by atoms with Crippen molar-refractivity contribution in [2.45, 2.75) is 33.6 Å². The molecule has 0 fully saturated rings. The maximum Gasteiger partial charge on any atom is 0.221 e. The van der Waals surface area contributed by atoms with Gasteiger partial charge < -0.3 is 16.4 Å². The van der Waals surface area contributed by atoms with E-state index in [9.17, 15) is 4.79 Å². The summed E-state index contributed by atoms with van der Waals surface area (Å²) in [6.45, 7) is 5.62. The first-order valence-corrected chi connectivity index (χ1v) is 9.81. The number of hydrogen-bond acceptors (Lipinski definition) is 5. The van der Waals surface area contributed by atoms with Gasteiger partial charge in [-0.05, 0) is 31.5 Å². The second-order valence-electron chi connectivity index (χ2n) is 5.98. The molecule has 5 nitrogen and oxygen atoms in total. The molecule has 0 saturated carbocycles. The third-order valence-corrected chi connectivity index (χ3v) is 4.39. The number of unbranched alkanes of at least 4 members (excludes halogenated alkanes) is 1. The Balaban J connectivity index is 2.22. The van der Waals surface area contributed by atoms with Gasteiger partial charge in [-0.25, -0.2) is 4.98 Å². The first-order chi connectivity index (χ1) is 13.0. The van der Waals surface area contributed by atoms with Crippen LogP contribution in [0.5, 0.6) is 0 Å². The summed E-state index contributed by atoms with van der Waals surface area (Å²) < 4.78 is 0. The summed E-state index contributed by atoms with van der Waals surface area (Å²) in [6, 6.07) is 5.33. The van der Waals surface area contributed by atoms with Crippen molar-refractivity contribution in [1.82, 2.24) is 4.98 Å². The summed E-state index contributed by atoms with van der Waals surface area (Å²) in [4.78, 5) is 15.9. The lowest BCUT2D eigenvalue weighted by atomic mass is 10.1. The summed E-state index contributed by atoms with van der Waals surface area (Å²) in [5.41, 5.74) is 10.0. The number of hydrogen-bond donors (Lipinski definition) is 3. The molecule has 0 aliphatic rings. The van der Waals surface area contributed by atoms with Gasteiger partial charge in [0.1, 0.15) is 0 Å². The van der Waals surface area contributed by atoms with Gasteiger partial charge in [0, 0.05) is 23.6 Å². The molecule has 6 heteroatoms. The molecule has 0 bridgehead atoms. The van der Waals surface area contributed by atoms with Crippen LogP contribution in [0.3, 0.4) is 0 Å². The number of aromatic nitrogens is 1. The van der Waals surface area contributed by atoms with Crippen molar-refractivity contribution >= 4 is 45.0 Å². The second-order valence-corrected chi connectivity index (χ2v) is 6.84. The number of thiazole rings is 1. The Morgan fingerprint density at radius 1 is 1.37 bits per heavy atom. The van der Waals surface area contributed by atoms with E-state index in [1.54, 1.807) is 18.2 Å². The summed E-state index contributed by atoms with van der Waals surface area (Å²) in [6.07, 6.45) is 12.5. The number of nitrogens with two attached hydrogens (primary N) is 1. The molecule has 0 aliphatic heterocycles. The fourth-order valence-corrected chi connectivity index (χ4v) is 3.06. The molecular formula is C21H26N4OS. The molecule has 0 saturated heterocycles. The number of allylic oxidation sites excluding steroid dienone is 6. The third kappa shape index (κ3) is 6.42. The lowest BCUT2D eigenvalue weighted by Gasteiger charge is -2.09. The van der Waals surface area contributed by atoms with Crippen molar-refractivity contribution in [3.05, 3.63) is 59.7 Å². The Morgan fingerprint density at radius 2 is 2.19 bits per heavy atom. The number of nitrogen functional groups attached to an aromatic ring is 1. The van der Waals surface area contributed by atoms with Gasteiger partial charge in [-0.15, -0.1) is 11.3 Å². The predicted molar refractivity (Wildman–Crippen MR) is 117 cm³/mol. The number of nitrogens with zero attached hydrogens (tertiary/aromatic N) is 1. The number of anilines is 4. The van der Waals surface area contributed by atoms with Crippen molar-refractivity contribution in [1.29, 1.82) is 0 Å². The highest BCUT2D eigenvalue weighted by Crippen LogP contribution is 2.30. The minimum atomic E-state index is -0.125. The molecule has 0 unspecified atom stereocenters. The van der Waals surface area contributed by atoms with Crippen LogP contribution >= 0.6 is 11.3 Å². The highest BCUT2D eigenvalue weighted by Gasteiger charge is 2.08. The average Bonchev–Trinajstić information content (AvgIpc) is 3.09. The zero-order valence-electron chi connectivity index (χ0n) is 16.0. The van der Waals surface area contributed by atoms with Gasteiger partial charge in [0.25, 0.3) is 0 Å². The van der Waals surface area contributed by atoms with Gasteiger partial charge in [0.2, 0.25) is 5.91 Å². The molecule has 0 aliphatic carbocycles. The highest BCUT2D eigenvalue weighted by atomic mass is 32.1. The molecule has 1 aromatic carbocycles. The van der Waals surface area contributed by atoms with E-state index in [4.69, 9.17) is 5.73 Å². The largest absolute Gasteiger partial charge is 0.397 e. The van der Waals surface area contributed by atoms with Crippen LogP contribution in [0.1, 0.15) is 39.3 Å². The van der Waals surface area contributed by atoms with Gasteiger partial charge in [-0.3, -0.25) is 4.79 Å². The molecule has 2 rings (SSSR count). The van der Waals surface area contributed by atoms with E-state index < -0.39 is 0 Å². The van der Waals surface area contributed by atoms with Crippen molar-refractivity contribution in [3.63, 3.8) is 0 Å². The van der Waals surface area contributed by atoms with E-state index in [0.29, 0.717) is 17.1 Å². The van der Waals surface area contributed by atoms with Gasteiger partial charge in [0.05, 0.1) is 17.1 Å². The highest BCUT2D eigenvalue weighted by molar-refractivity contribution is 7.13. The van der Waals surface area contributed by atoms with Gasteiger partial charge in [-0.1, -0.05) is 43.7 Å². The molecule has 0 spiro atoms. The molecule has 27 heavy (non-hydrogen) atoms.